The summed E-state index contributed by atoms with van der Waals surface area (Å²) in [6.07, 6.45) is 0. The van der Waals surface area contributed by atoms with Crippen LogP contribution in [-0.4, -0.2) is 19.0 Å². The standard InChI is InChI=1S/C26H20N2O/c1-3-28-26(21-16-15-17-9-4-5-10-18(17)25(21)27-2)20-12-8-14-23-24(20)19-11-6-7-13-22(19)29-23/h4-16H,2-3H2,1H3. The van der Waals surface area contributed by atoms with Crippen LogP contribution in [0.15, 0.2) is 93.3 Å². The molecule has 5 aromatic rings. The van der Waals surface area contributed by atoms with Crippen LogP contribution < -0.4 is 0 Å². The van der Waals surface area contributed by atoms with Crippen LogP contribution in [0.25, 0.3) is 32.7 Å². The molecule has 0 saturated heterocycles. The fourth-order valence-corrected chi connectivity index (χ4v) is 4.06. The molecule has 140 valence electrons. The van der Waals surface area contributed by atoms with Crippen molar-refractivity contribution < 1.29 is 4.42 Å². The highest BCUT2D eigenvalue weighted by Gasteiger charge is 2.19. The third-order valence-corrected chi connectivity index (χ3v) is 5.29. The van der Waals surface area contributed by atoms with Gasteiger partial charge in [0.2, 0.25) is 0 Å². The van der Waals surface area contributed by atoms with Gasteiger partial charge in [-0.15, -0.1) is 0 Å². The van der Waals surface area contributed by atoms with Gasteiger partial charge in [-0.1, -0.05) is 60.7 Å². The Hall–Kier alpha value is -3.72. The lowest BCUT2D eigenvalue weighted by molar-refractivity contribution is 0.669. The zero-order valence-electron chi connectivity index (χ0n) is 16.2. The summed E-state index contributed by atoms with van der Waals surface area (Å²) in [6, 6.07) is 26.7. The van der Waals surface area contributed by atoms with Crippen LogP contribution in [0, 0.1) is 0 Å². The summed E-state index contributed by atoms with van der Waals surface area (Å²) in [7, 11) is 0. The van der Waals surface area contributed by atoms with Crippen molar-refractivity contribution in [1.29, 1.82) is 0 Å². The van der Waals surface area contributed by atoms with E-state index in [0.717, 1.165) is 55.2 Å². The number of nitrogens with zero attached hydrogens (tertiary/aromatic N) is 2. The molecule has 3 heteroatoms. The molecule has 0 atom stereocenters. The molecule has 0 spiro atoms. The highest BCUT2D eigenvalue weighted by molar-refractivity contribution is 6.26. The van der Waals surface area contributed by atoms with Gasteiger partial charge in [-0.2, -0.15) is 0 Å². The Balaban J connectivity index is 1.86. The minimum atomic E-state index is 0.672. The van der Waals surface area contributed by atoms with Gasteiger partial charge in [0.15, 0.2) is 0 Å². The number of hydrogen-bond acceptors (Lipinski definition) is 3. The lowest BCUT2D eigenvalue weighted by Crippen LogP contribution is -2.05. The monoisotopic (exact) mass is 376 g/mol. The van der Waals surface area contributed by atoms with E-state index < -0.39 is 0 Å². The van der Waals surface area contributed by atoms with Crippen LogP contribution in [-0.2, 0) is 0 Å². The molecule has 5 rings (SSSR count). The van der Waals surface area contributed by atoms with Crippen LogP contribution >= 0.6 is 0 Å². The molecule has 4 aromatic carbocycles. The molecular formula is C26H20N2O. The van der Waals surface area contributed by atoms with Gasteiger partial charge >= 0.3 is 0 Å². The number of rotatable bonds is 4. The van der Waals surface area contributed by atoms with Gasteiger partial charge < -0.3 is 4.42 Å². The molecule has 0 saturated carbocycles. The number of benzene rings is 4. The normalized spacial score (nSPS) is 12.1. The zero-order valence-corrected chi connectivity index (χ0v) is 16.2. The van der Waals surface area contributed by atoms with Gasteiger partial charge in [-0.25, -0.2) is 0 Å². The molecule has 0 aliphatic rings. The Morgan fingerprint density at radius 2 is 1.55 bits per heavy atom. The molecular weight excluding hydrogens is 356 g/mol. The first-order valence-electron chi connectivity index (χ1n) is 9.75. The molecule has 0 N–H and O–H groups in total. The second-order valence-electron chi connectivity index (χ2n) is 6.94. The first-order valence-corrected chi connectivity index (χ1v) is 9.75. The number of furan rings is 1. The Morgan fingerprint density at radius 3 is 2.38 bits per heavy atom. The van der Waals surface area contributed by atoms with Gasteiger partial charge in [0.25, 0.3) is 0 Å². The summed E-state index contributed by atoms with van der Waals surface area (Å²) in [6.45, 7) is 6.58. The maximum absolute atomic E-state index is 6.09. The number of fused-ring (bicyclic) bond motifs is 4. The molecule has 0 unspecified atom stereocenters. The maximum atomic E-state index is 6.09. The summed E-state index contributed by atoms with van der Waals surface area (Å²) in [5, 5.41) is 4.39. The quantitative estimate of drug-likeness (QED) is 0.313. The topological polar surface area (TPSA) is 37.9 Å². The lowest BCUT2D eigenvalue weighted by atomic mass is 9.94. The van der Waals surface area contributed by atoms with Gasteiger partial charge in [0, 0.05) is 33.8 Å². The number of aliphatic imine (C=N–C) groups is 2. The first-order chi connectivity index (χ1) is 14.3. The van der Waals surface area contributed by atoms with E-state index in [4.69, 9.17) is 9.41 Å². The summed E-state index contributed by atoms with van der Waals surface area (Å²) in [4.78, 5) is 9.31. The van der Waals surface area contributed by atoms with Gasteiger partial charge in [0.05, 0.1) is 11.4 Å². The third kappa shape index (κ3) is 2.74. The van der Waals surface area contributed by atoms with E-state index in [1.807, 2.05) is 42.5 Å². The van der Waals surface area contributed by atoms with Crippen LogP contribution in [0.2, 0.25) is 0 Å². The van der Waals surface area contributed by atoms with E-state index >= 15 is 0 Å². The van der Waals surface area contributed by atoms with E-state index in [2.05, 4.69) is 55.0 Å². The maximum Gasteiger partial charge on any atom is 0.136 e. The van der Waals surface area contributed by atoms with Gasteiger partial charge in [-0.3, -0.25) is 9.98 Å². The summed E-state index contributed by atoms with van der Waals surface area (Å²) in [5.41, 5.74) is 5.55. The van der Waals surface area contributed by atoms with E-state index in [1.54, 1.807) is 0 Å². The van der Waals surface area contributed by atoms with Crippen molar-refractivity contribution >= 4 is 50.8 Å². The van der Waals surface area contributed by atoms with Crippen molar-refractivity contribution in [1.82, 2.24) is 0 Å². The predicted molar refractivity (Wildman–Crippen MR) is 123 cm³/mol. The minimum Gasteiger partial charge on any atom is -0.456 e. The van der Waals surface area contributed by atoms with Crippen molar-refractivity contribution in [2.45, 2.75) is 6.92 Å². The zero-order chi connectivity index (χ0) is 19.8. The van der Waals surface area contributed by atoms with E-state index in [-0.39, 0.29) is 0 Å². The van der Waals surface area contributed by atoms with Gasteiger partial charge in [0.1, 0.15) is 11.2 Å². The van der Waals surface area contributed by atoms with Crippen molar-refractivity contribution in [2.24, 2.45) is 9.98 Å². The average molecular weight is 376 g/mol. The molecule has 29 heavy (non-hydrogen) atoms. The second-order valence-corrected chi connectivity index (χ2v) is 6.94. The highest BCUT2D eigenvalue weighted by atomic mass is 16.3. The van der Waals surface area contributed by atoms with Gasteiger partial charge in [-0.05, 0) is 37.2 Å². The summed E-state index contributed by atoms with van der Waals surface area (Å²) < 4.78 is 6.09. The van der Waals surface area contributed by atoms with E-state index in [9.17, 15) is 0 Å². The van der Waals surface area contributed by atoms with E-state index in [0.29, 0.717) is 6.54 Å². The Bertz CT molecular complexity index is 1410. The molecule has 0 fully saturated rings. The fraction of sp³-hybridized carbons (Fsp3) is 0.0769. The molecule has 1 aromatic heterocycles. The predicted octanol–water partition coefficient (Wildman–Crippen LogP) is 6.93. The number of para-hydroxylation sites is 1. The number of hydrogen-bond donors (Lipinski definition) is 0. The Labute approximate surface area is 169 Å². The molecule has 0 amide bonds. The molecule has 0 radical (unpaired) electrons. The van der Waals surface area contributed by atoms with Crippen LogP contribution in [0.4, 0.5) is 5.69 Å². The van der Waals surface area contributed by atoms with Crippen LogP contribution in [0.3, 0.4) is 0 Å². The smallest absolute Gasteiger partial charge is 0.136 e. The first kappa shape index (κ1) is 17.4. The van der Waals surface area contributed by atoms with Crippen molar-refractivity contribution in [3.05, 3.63) is 90.0 Å². The summed E-state index contributed by atoms with van der Waals surface area (Å²) >= 11 is 0. The van der Waals surface area contributed by atoms with Crippen molar-refractivity contribution in [3.8, 4) is 0 Å². The van der Waals surface area contributed by atoms with Crippen molar-refractivity contribution in [3.63, 3.8) is 0 Å². The molecule has 1 heterocycles. The third-order valence-electron chi connectivity index (χ3n) is 5.29. The molecule has 0 aliphatic heterocycles. The second kappa shape index (κ2) is 7.02. The largest absolute Gasteiger partial charge is 0.456 e. The Morgan fingerprint density at radius 1 is 0.793 bits per heavy atom. The van der Waals surface area contributed by atoms with E-state index in [1.165, 1.54) is 0 Å². The minimum absolute atomic E-state index is 0.672. The Kier molecular flexibility index (Phi) is 4.21. The van der Waals surface area contributed by atoms with Crippen LogP contribution in [0.1, 0.15) is 18.1 Å². The summed E-state index contributed by atoms with van der Waals surface area (Å²) in [5.74, 6) is 0. The lowest BCUT2D eigenvalue weighted by Gasteiger charge is -2.13. The van der Waals surface area contributed by atoms with Crippen molar-refractivity contribution in [2.75, 3.05) is 6.54 Å². The molecule has 0 aliphatic carbocycles. The van der Waals surface area contributed by atoms with Crippen LogP contribution in [0.5, 0.6) is 0 Å². The highest BCUT2D eigenvalue weighted by Crippen LogP contribution is 2.36. The molecule has 0 bridgehead atoms. The molecule has 3 nitrogen and oxygen atoms in total. The average Bonchev–Trinajstić information content (AvgIpc) is 3.16. The SMILES string of the molecule is C=Nc1c(C(=NCC)c2cccc3oc4ccccc4c23)ccc2ccccc12. The fourth-order valence-electron chi connectivity index (χ4n) is 4.06.